The summed E-state index contributed by atoms with van der Waals surface area (Å²) >= 11 is 0. The summed E-state index contributed by atoms with van der Waals surface area (Å²) in [5.74, 6) is -0.0667. The van der Waals surface area contributed by atoms with Gasteiger partial charge in [-0.25, -0.2) is 19.2 Å². The van der Waals surface area contributed by atoms with Crippen molar-refractivity contribution in [3.63, 3.8) is 0 Å². The molecule has 2 amide bonds. The van der Waals surface area contributed by atoms with Gasteiger partial charge in [0.15, 0.2) is 18.2 Å². The number of nitrogens with one attached hydrogen (secondary N) is 2. The number of aromatic nitrogens is 3. The van der Waals surface area contributed by atoms with Gasteiger partial charge in [0.1, 0.15) is 11.9 Å². The molecule has 11 nitrogen and oxygen atoms in total. The number of amides is 2. The maximum atomic E-state index is 14.6. The predicted molar refractivity (Wildman–Crippen MR) is 129 cm³/mol. The number of carbonyl (C=O) groups excluding carboxylic acids is 2. The summed E-state index contributed by atoms with van der Waals surface area (Å²) in [5, 5.41) is 6.65. The molecule has 1 atom stereocenters. The second-order valence-electron chi connectivity index (χ2n) is 8.50. The van der Waals surface area contributed by atoms with E-state index in [0.717, 1.165) is 5.39 Å². The van der Waals surface area contributed by atoms with Crippen LogP contribution < -0.4 is 25.8 Å². The molecule has 36 heavy (non-hydrogen) atoms. The zero-order chi connectivity index (χ0) is 25.2. The number of hydrogen-bond donors (Lipinski definition) is 2. The molecular formula is C24H25FN6O5. The average molecular weight is 496 g/mol. The molecule has 4 heterocycles. The number of fused-ring (bicyclic) bond motifs is 2. The van der Waals surface area contributed by atoms with Gasteiger partial charge in [0.05, 0.1) is 18.3 Å². The summed E-state index contributed by atoms with van der Waals surface area (Å²) in [6.45, 7) is 3.50. The molecule has 2 aliphatic rings. The maximum Gasteiger partial charge on any atom is 0.415 e. The highest BCUT2D eigenvalue weighted by Gasteiger charge is 2.34. The zero-order valence-electron chi connectivity index (χ0n) is 19.6. The van der Waals surface area contributed by atoms with Gasteiger partial charge < -0.3 is 24.7 Å². The highest BCUT2D eigenvalue weighted by Crippen LogP contribution is 2.28. The normalized spacial score (nSPS) is 17.1. The van der Waals surface area contributed by atoms with Crippen LogP contribution in [-0.4, -0.2) is 58.9 Å². The minimum Gasteiger partial charge on any atom is -0.465 e. The molecule has 0 unspecified atom stereocenters. The molecule has 3 aromatic rings. The number of rotatable bonds is 8. The summed E-state index contributed by atoms with van der Waals surface area (Å²) < 4.78 is 26.9. The van der Waals surface area contributed by atoms with E-state index in [-0.39, 0.29) is 54.1 Å². The van der Waals surface area contributed by atoms with Gasteiger partial charge in [0.2, 0.25) is 0 Å². The van der Waals surface area contributed by atoms with Crippen molar-refractivity contribution in [2.24, 2.45) is 0 Å². The molecule has 188 valence electrons. The van der Waals surface area contributed by atoms with Crippen LogP contribution in [0.2, 0.25) is 0 Å². The summed E-state index contributed by atoms with van der Waals surface area (Å²) in [6.07, 6.45) is 1.42. The van der Waals surface area contributed by atoms with E-state index in [1.54, 1.807) is 16.7 Å². The van der Waals surface area contributed by atoms with Crippen molar-refractivity contribution in [2.75, 3.05) is 36.5 Å². The third-order valence-electron chi connectivity index (χ3n) is 6.18. The number of benzene rings is 1. The van der Waals surface area contributed by atoms with Crippen molar-refractivity contribution < 1.29 is 23.5 Å². The van der Waals surface area contributed by atoms with E-state index in [2.05, 4.69) is 20.6 Å². The third kappa shape index (κ3) is 4.59. The number of carbonyl (C=O) groups is 2. The molecule has 1 fully saturated rings. The van der Waals surface area contributed by atoms with Crippen molar-refractivity contribution >= 4 is 34.5 Å². The summed E-state index contributed by atoms with van der Waals surface area (Å²) in [6, 6.07) is 6.32. The largest absolute Gasteiger partial charge is 0.465 e. The van der Waals surface area contributed by atoms with Crippen molar-refractivity contribution in [1.29, 1.82) is 0 Å². The van der Waals surface area contributed by atoms with E-state index < -0.39 is 6.09 Å². The van der Waals surface area contributed by atoms with Crippen LogP contribution in [0.4, 0.5) is 20.8 Å². The molecule has 0 aliphatic carbocycles. The molecule has 0 bridgehead atoms. The standard InChI is InChI=1S/C24H25FN6O5/c1-2-30-20(33)6-4-14-3-5-17(25)16(21(14)30)8-10-26-9-7-15-12-31(24(34)36-15)18-11-27-23-22(28-18)29-19(32)13-35-23/h3-6,11,15,26H,2,7-10,12-13H2,1H3,(H,28,29,32)/t15-/m0/s1. The lowest BCUT2D eigenvalue weighted by molar-refractivity contribution is -0.118. The molecule has 1 saturated heterocycles. The van der Waals surface area contributed by atoms with E-state index in [9.17, 15) is 18.8 Å². The molecule has 1 aromatic carbocycles. The van der Waals surface area contributed by atoms with E-state index in [0.29, 0.717) is 43.6 Å². The van der Waals surface area contributed by atoms with Crippen LogP contribution in [0.3, 0.4) is 0 Å². The Morgan fingerprint density at radius 2 is 2.03 bits per heavy atom. The van der Waals surface area contributed by atoms with E-state index >= 15 is 0 Å². The van der Waals surface area contributed by atoms with Gasteiger partial charge >= 0.3 is 6.09 Å². The number of nitrogens with zero attached hydrogens (tertiary/aromatic N) is 4. The molecule has 2 aromatic heterocycles. The first kappa shape index (κ1) is 23.7. The molecular weight excluding hydrogens is 471 g/mol. The predicted octanol–water partition coefficient (Wildman–Crippen LogP) is 1.83. The van der Waals surface area contributed by atoms with Gasteiger partial charge in [-0.2, -0.15) is 0 Å². The fourth-order valence-corrected chi connectivity index (χ4v) is 4.44. The van der Waals surface area contributed by atoms with Crippen LogP contribution in [0.1, 0.15) is 18.9 Å². The Hall–Kier alpha value is -4.06. The number of hydrogen-bond acceptors (Lipinski definition) is 8. The Bertz CT molecular complexity index is 1390. The molecule has 2 aliphatic heterocycles. The smallest absolute Gasteiger partial charge is 0.415 e. The summed E-state index contributed by atoms with van der Waals surface area (Å²) in [5.41, 5.74) is 0.968. The van der Waals surface area contributed by atoms with Gasteiger partial charge in [-0.05, 0) is 56.4 Å². The van der Waals surface area contributed by atoms with Crippen molar-refractivity contribution in [3.8, 4) is 5.88 Å². The number of cyclic esters (lactones) is 1. The minimum absolute atomic E-state index is 0.132. The summed E-state index contributed by atoms with van der Waals surface area (Å²) in [4.78, 5) is 45.8. The molecule has 0 spiro atoms. The molecule has 2 N–H and O–H groups in total. The van der Waals surface area contributed by atoms with Gasteiger partial charge in [-0.15, -0.1) is 0 Å². The van der Waals surface area contributed by atoms with Crippen LogP contribution in [0, 0.1) is 5.82 Å². The second kappa shape index (κ2) is 9.90. The number of aryl methyl sites for hydroxylation is 1. The lowest BCUT2D eigenvalue weighted by Crippen LogP contribution is -2.30. The Kier molecular flexibility index (Phi) is 6.51. The fourth-order valence-electron chi connectivity index (χ4n) is 4.44. The SMILES string of the molecule is CCn1c(=O)ccc2ccc(F)c(CCNCC[C@H]3CN(c4cnc5c(n4)NC(=O)CO5)C(=O)O3)c21. The Morgan fingerprint density at radius 3 is 2.86 bits per heavy atom. The fraction of sp³-hybridized carbons (Fsp3) is 0.375. The number of ether oxygens (including phenoxy) is 2. The Morgan fingerprint density at radius 1 is 1.19 bits per heavy atom. The van der Waals surface area contributed by atoms with Crippen LogP contribution in [-0.2, 0) is 22.5 Å². The van der Waals surface area contributed by atoms with Crippen LogP contribution in [0.5, 0.6) is 5.88 Å². The topological polar surface area (TPSA) is 128 Å². The monoisotopic (exact) mass is 496 g/mol. The lowest BCUT2D eigenvalue weighted by Gasteiger charge is -2.18. The van der Waals surface area contributed by atoms with Gasteiger partial charge in [-0.1, -0.05) is 0 Å². The minimum atomic E-state index is -0.548. The van der Waals surface area contributed by atoms with Crippen LogP contribution >= 0.6 is 0 Å². The van der Waals surface area contributed by atoms with E-state index in [1.165, 1.54) is 23.2 Å². The van der Waals surface area contributed by atoms with E-state index in [4.69, 9.17) is 9.47 Å². The highest BCUT2D eigenvalue weighted by atomic mass is 19.1. The number of anilines is 2. The molecule has 0 radical (unpaired) electrons. The number of pyridine rings is 1. The summed E-state index contributed by atoms with van der Waals surface area (Å²) in [7, 11) is 0. The van der Waals surface area contributed by atoms with Crippen molar-refractivity contribution in [3.05, 3.63) is 52.2 Å². The second-order valence-corrected chi connectivity index (χ2v) is 8.50. The third-order valence-corrected chi connectivity index (χ3v) is 6.18. The average Bonchev–Trinajstić information content (AvgIpc) is 3.24. The highest BCUT2D eigenvalue weighted by molar-refractivity contribution is 5.94. The maximum absolute atomic E-state index is 14.6. The first-order valence-electron chi connectivity index (χ1n) is 11.7. The van der Waals surface area contributed by atoms with Crippen LogP contribution in [0.15, 0.2) is 35.3 Å². The van der Waals surface area contributed by atoms with Crippen LogP contribution in [0.25, 0.3) is 10.9 Å². The Labute approximate surface area is 205 Å². The Balaban J connectivity index is 1.16. The lowest BCUT2D eigenvalue weighted by atomic mass is 10.1. The first-order chi connectivity index (χ1) is 17.4. The van der Waals surface area contributed by atoms with Crippen molar-refractivity contribution in [1.82, 2.24) is 19.9 Å². The van der Waals surface area contributed by atoms with Gasteiger partial charge in [0, 0.05) is 18.2 Å². The molecule has 0 saturated carbocycles. The van der Waals surface area contributed by atoms with Gasteiger partial charge in [-0.3, -0.25) is 14.5 Å². The van der Waals surface area contributed by atoms with E-state index in [1.807, 2.05) is 6.92 Å². The first-order valence-corrected chi connectivity index (χ1v) is 11.7. The van der Waals surface area contributed by atoms with Crippen molar-refractivity contribution in [2.45, 2.75) is 32.4 Å². The molecule has 12 heteroatoms. The quantitative estimate of drug-likeness (QED) is 0.452. The molecule has 5 rings (SSSR count). The van der Waals surface area contributed by atoms with Gasteiger partial charge in [0.25, 0.3) is 17.3 Å². The zero-order valence-corrected chi connectivity index (χ0v) is 19.6. The number of halogens is 1.